The number of piperidine rings is 3. The molecule has 13 heteroatoms. The third-order valence-electron chi connectivity index (χ3n) is 10.5. The van der Waals surface area contributed by atoms with Gasteiger partial charge in [0.15, 0.2) is 0 Å². The zero-order chi connectivity index (χ0) is 34.2. The number of methoxy groups -OCH3 is 1. The number of carbonyl (C=O) groups excluding carboxylic acids is 3. The standard InChI is InChI=1S/C36H40ClN7O5/c1-42-20-27(25-18-38-19-26(25)35(42)47)23-15-28(37)33(30(16-23)49-2)36(48)44-13-9-22(10-14-44)21-7-11-43(12-8-21)24-3-5-31(39-17-24)40-29-4-6-32(45)41-34(29)46/h3,5,15-18,20-22,29H,4,6-14,19H2,1-2H3,(H,39,40)(H,41,45,46). The summed E-state index contributed by atoms with van der Waals surface area (Å²) in [5, 5.41) is 5.82. The number of aryl methyl sites for hydroxylation is 1. The highest BCUT2D eigenvalue weighted by molar-refractivity contribution is 6.34. The van der Waals surface area contributed by atoms with Crippen LogP contribution in [0.1, 0.15) is 60.0 Å². The number of halogens is 1. The fourth-order valence-electron chi connectivity index (χ4n) is 7.71. The molecule has 0 radical (unpaired) electrons. The van der Waals surface area contributed by atoms with Crippen molar-refractivity contribution in [3.63, 3.8) is 0 Å². The summed E-state index contributed by atoms with van der Waals surface area (Å²) in [6.45, 7) is 3.57. The monoisotopic (exact) mass is 685 g/mol. The summed E-state index contributed by atoms with van der Waals surface area (Å²) in [5.74, 6) is 1.50. The second-order valence-electron chi connectivity index (χ2n) is 13.4. The lowest BCUT2D eigenvalue weighted by atomic mass is 9.78. The SMILES string of the molecule is COc1cc(-c2cn(C)c(=O)c3c2C=NC3)cc(Cl)c1C(=O)N1CCC(C2CCN(c3ccc(NC4CCC(=O)NC4=O)nc3)CC2)CC1. The average Bonchev–Trinajstić information content (AvgIpc) is 3.61. The van der Waals surface area contributed by atoms with Gasteiger partial charge in [-0.25, -0.2) is 4.98 Å². The van der Waals surface area contributed by atoms with Crippen LogP contribution in [0.25, 0.3) is 11.1 Å². The molecule has 2 N–H and O–H groups in total. The molecule has 256 valence electrons. The molecule has 3 fully saturated rings. The van der Waals surface area contributed by atoms with Crippen LogP contribution in [0.15, 0.2) is 46.4 Å². The van der Waals surface area contributed by atoms with Gasteiger partial charge in [0.2, 0.25) is 11.8 Å². The largest absolute Gasteiger partial charge is 0.496 e. The number of aliphatic imine (C=N–C) groups is 1. The fourth-order valence-corrected chi connectivity index (χ4v) is 8.00. The molecule has 0 aliphatic carbocycles. The minimum Gasteiger partial charge on any atom is -0.496 e. The van der Waals surface area contributed by atoms with Crippen LogP contribution in [0, 0.1) is 11.8 Å². The topological polar surface area (TPSA) is 138 Å². The number of carbonyl (C=O) groups is 3. The Balaban J connectivity index is 0.942. The van der Waals surface area contributed by atoms with E-state index in [9.17, 15) is 19.2 Å². The number of benzene rings is 1. The van der Waals surface area contributed by atoms with Crippen molar-refractivity contribution in [1.82, 2.24) is 19.8 Å². The van der Waals surface area contributed by atoms with E-state index < -0.39 is 6.04 Å². The number of ether oxygens (including phenoxy) is 1. The molecule has 3 amide bonds. The van der Waals surface area contributed by atoms with Gasteiger partial charge >= 0.3 is 0 Å². The molecule has 6 heterocycles. The number of rotatable bonds is 7. The number of amides is 3. The Morgan fingerprint density at radius 1 is 1.02 bits per heavy atom. The van der Waals surface area contributed by atoms with E-state index in [1.54, 1.807) is 37.2 Å². The summed E-state index contributed by atoms with van der Waals surface area (Å²) >= 11 is 6.81. The number of nitrogens with zero attached hydrogens (tertiary/aromatic N) is 5. The number of fused-ring (bicyclic) bond motifs is 1. The van der Waals surface area contributed by atoms with Crippen molar-refractivity contribution in [2.75, 3.05) is 43.5 Å². The van der Waals surface area contributed by atoms with Crippen LogP contribution in [-0.4, -0.2) is 77.7 Å². The van der Waals surface area contributed by atoms with Gasteiger partial charge in [0, 0.05) is 68.7 Å². The molecule has 0 saturated carbocycles. The highest BCUT2D eigenvalue weighted by atomic mass is 35.5. The van der Waals surface area contributed by atoms with Crippen molar-refractivity contribution in [2.45, 2.75) is 51.1 Å². The van der Waals surface area contributed by atoms with Crippen LogP contribution >= 0.6 is 11.6 Å². The first-order valence-corrected chi connectivity index (χ1v) is 17.3. The highest BCUT2D eigenvalue weighted by Crippen LogP contribution is 2.38. The number of hydrogen-bond acceptors (Lipinski definition) is 9. The van der Waals surface area contributed by atoms with E-state index >= 15 is 0 Å². The lowest BCUT2D eigenvalue weighted by Gasteiger charge is -2.41. The Labute approximate surface area is 289 Å². The smallest absolute Gasteiger partial charge is 0.259 e. The zero-order valence-electron chi connectivity index (χ0n) is 27.7. The van der Waals surface area contributed by atoms with Crippen molar-refractivity contribution in [2.24, 2.45) is 23.9 Å². The first kappa shape index (κ1) is 32.8. The van der Waals surface area contributed by atoms with Gasteiger partial charge in [-0.05, 0) is 73.8 Å². The van der Waals surface area contributed by atoms with E-state index in [0.29, 0.717) is 72.0 Å². The quantitative estimate of drug-likeness (QED) is 0.356. The molecule has 0 spiro atoms. The molecule has 4 aliphatic rings. The van der Waals surface area contributed by atoms with Gasteiger partial charge in [0.05, 0.1) is 30.6 Å². The molecule has 1 aromatic carbocycles. The minimum absolute atomic E-state index is 0.0692. The van der Waals surface area contributed by atoms with Crippen LogP contribution in [-0.2, 0) is 23.2 Å². The second-order valence-corrected chi connectivity index (χ2v) is 13.8. The van der Waals surface area contributed by atoms with Crippen LogP contribution in [0.2, 0.25) is 5.02 Å². The van der Waals surface area contributed by atoms with Crippen molar-refractivity contribution in [1.29, 1.82) is 0 Å². The third kappa shape index (κ3) is 6.53. The summed E-state index contributed by atoms with van der Waals surface area (Å²) in [6, 6.07) is 7.06. The minimum atomic E-state index is -0.456. The Kier molecular flexibility index (Phi) is 9.15. The maximum Gasteiger partial charge on any atom is 0.259 e. The lowest BCUT2D eigenvalue weighted by molar-refractivity contribution is -0.133. The Hall–Kier alpha value is -4.71. The Morgan fingerprint density at radius 3 is 2.43 bits per heavy atom. The van der Waals surface area contributed by atoms with Gasteiger partial charge in [-0.1, -0.05) is 11.6 Å². The lowest BCUT2D eigenvalue weighted by Crippen LogP contribution is -2.47. The highest BCUT2D eigenvalue weighted by Gasteiger charge is 2.33. The fraction of sp³-hybridized carbons (Fsp3) is 0.444. The molecule has 3 aromatic rings. The van der Waals surface area contributed by atoms with Gasteiger partial charge in [0.1, 0.15) is 23.2 Å². The number of nitrogens with one attached hydrogen (secondary N) is 2. The normalized spacial score (nSPS) is 19.9. The summed E-state index contributed by atoms with van der Waals surface area (Å²) in [5.41, 5.74) is 4.36. The van der Waals surface area contributed by atoms with Crippen molar-refractivity contribution in [3.8, 4) is 16.9 Å². The number of aromatic nitrogens is 2. The van der Waals surface area contributed by atoms with E-state index in [1.807, 2.05) is 29.3 Å². The maximum absolute atomic E-state index is 13.8. The van der Waals surface area contributed by atoms with Gasteiger partial charge in [-0.2, -0.15) is 0 Å². The molecule has 1 unspecified atom stereocenters. The number of anilines is 2. The summed E-state index contributed by atoms with van der Waals surface area (Å²) in [4.78, 5) is 63.0. The Bertz CT molecular complexity index is 1880. The predicted octanol–water partition coefficient (Wildman–Crippen LogP) is 4.03. The van der Waals surface area contributed by atoms with E-state index in [0.717, 1.165) is 61.2 Å². The third-order valence-corrected chi connectivity index (χ3v) is 10.8. The first-order valence-electron chi connectivity index (χ1n) is 16.9. The van der Waals surface area contributed by atoms with E-state index in [2.05, 4.69) is 25.5 Å². The van der Waals surface area contributed by atoms with Gasteiger partial charge in [-0.3, -0.25) is 29.5 Å². The molecule has 4 aliphatic heterocycles. The number of hydrogen-bond donors (Lipinski definition) is 2. The molecule has 3 saturated heterocycles. The molecule has 2 aromatic heterocycles. The molecular weight excluding hydrogens is 646 g/mol. The second kappa shape index (κ2) is 13.7. The van der Waals surface area contributed by atoms with Crippen LogP contribution < -0.4 is 25.8 Å². The van der Waals surface area contributed by atoms with Gasteiger partial charge in [0.25, 0.3) is 11.5 Å². The van der Waals surface area contributed by atoms with Gasteiger partial charge < -0.3 is 24.4 Å². The number of pyridine rings is 2. The van der Waals surface area contributed by atoms with Gasteiger partial charge in [-0.15, -0.1) is 0 Å². The molecule has 1 atom stereocenters. The first-order chi connectivity index (χ1) is 23.7. The summed E-state index contributed by atoms with van der Waals surface area (Å²) in [6.07, 6.45) is 10.2. The van der Waals surface area contributed by atoms with Crippen LogP contribution in [0.3, 0.4) is 0 Å². The molecule has 49 heavy (non-hydrogen) atoms. The molecule has 7 rings (SSSR count). The van der Waals surface area contributed by atoms with Crippen molar-refractivity contribution >= 4 is 47.0 Å². The van der Waals surface area contributed by atoms with E-state index in [-0.39, 0.29) is 23.3 Å². The molecule has 12 nitrogen and oxygen atoms in total. The molecular formula is C36H40ClN7O5. The number of imide groups is 1. The zero-order valence-corrected chi connectivity index (χ0v) is 28.5. The van der Waals surface area contributed by atoms with E-state index in [4.69, 9.17) is 16.3 Å². The Morgan fingerprint density at radius 2 is 1.76 bits per heavy atom. The average molecular weight is 686 g/mol. The summed E-state index contributed by atoms with van der Waals surface area (Å²) < 4.78 is 7.26. The van der Waals surface area contributed by atoms with Crippen LogP contribution in [0.4, 0.5) is 11.5 Å². The maximum atomic E-state index is 13.8. The predicted molar refractivity (Wildman–Crippen MR) is 188 cm³/mol. The number of likely N-dealkylation sites (tertiary alicyclic amines) is 1. The summed E-state index contributed by atoms with van der Waals surface area (Å²) in [7, 11) is 3.26. The van der Waals surface area contributed by atoms with E-state index in [1.165, 1.54) is 0 Å². The van der Waals surface area contributed by atoms with Crippen LogP contribution in [0.5, 0.6) is 5.75 Å². The van der Waals surface area contributed by atoms with Crippen molar-refractivity contribution < 1.29 is 19.1 Å². The van der Waals surface area contributed by atoms with Crippen molar-refractivity contribution in [3.05, 3.63) is 68.7 Å². The molecule has 0 bridgehead atoms.